The van der Waals surface area contributed by atoms with Crippen molar-refractivity contribution in [1.82, 2.24) is 25.1 Å². The molecule has 0 fully saturated rings. The van der Waals surface area contributed by atoms with Crippen LogP contribution in [0.25, 0.3) is 22.2 Å². The predicted octanol–water partition coefficient (Wildman–Crippen LogP) is 4.48. The SMILES string of the molecule is CCn1c(SCC(=O)NC(C)c2ccc3ccccc3c2)nnc1-c1ccncc1. The molecule has 4 aromatic rings. The van der Waals surface area contributed by atoms with Crippen molar-refractivity contribution in [3.05, 3.63) is 72.6 Å². The zero-order chi connectivity index (χ0) is 20.9. The summed E-state index contributed by atoms with van der Waals surface area (Å²) in [6.45, 7) is 4.77. The average molecular weight is 418 g/mol. The van der Waals surface area contributed by atoms with Crippen molar-refractivity contribution < 1.29 is 4.79 Å². The first-order valence-electron chi connectivity index (χ1n) is 9.90. The topological polar surface area (TPSA) is 72.7 Å². The fraction of sp³-hybridized carbons (Fsp3) is 0.217. The molecule has 6 nitrogen and oxygen atoms in total. The lowest BCUT2D eigenvalue weighted by Gasteiger charge is -2.15. The number of thioether (sulfide) groups is 1. The van der Waals surface area contributed by atoms with Gasteiger partial charge in [0.05, 0.1) is 11.8 Å². The number of pyridine rings is 1. The van der Waals surface area contributed by atoms with E-state index in [9.17, 15) is 4.79 Å². The molecule has 2 aromatic heterocycles. The van der Waals surface area contributed by atoms with E-state index in [0.717, 1.165) is 28.7 Å². The lowest BCUT2D eigenvalue weighted by molar-refractivity contribution is -0.119. The van der Waals surface area contributed by atoms with Crippen LogP contribution in [0.5, 0.6) is 0 Å². The maximum absolute atomic E-state index is 12.5. The molecule has 2 aromatic carbocycles. The second kappa shape index (κ2) is 9.09. The number of benzene rings is 2. The summed E-state index contributed by atoms with van der Waals surface area (Å²) >= 11 is 1.40. The fourth-order valence-electron chi connectivity index (χ4n) is 3.37. The smallest absolute Gasteiger partial charge is 0.230 e. The molecule has 0 aliphatic heterocycles. The second-order valence-corrected chi connectivity index (χ2v) is 7.91. The van der Waals surface area contributed by atoms with Crippen molar-refractivity contribution in [1.29, 1.82) is 0 Å². The van der Waals surface area contributed by atoms with Crippen molar-refractivity contribution in [2.75, 3.05) is 5.75 Å². The molecule has 30 heavy (non-hydrogen) atoms. The molecular formula is C23H23N5OS. The van der Waals surface area contributed by atoms with Gasteiger partial charge < -0.3 is 9.88 Å². The molecule has 1 atom stereocenters. The minimum Gasteiger partial charge on any atom is -0.349 e. The van der Waals surface area contributed by atoms with Crippen molar-refractivity contribution in [3.8, 4) is 11.4 Å². The Morgan fingerprint density at radius 1 is 1.07 bits per heavy atom. The number of carbonyl (C=O) groups is 1. The quantitative estimate of drug-likeness (QED) is 0.449. The van der Waals surface area contributed by atoms with Crippen LogP contribution in [0.2, 0.25) is 0 Å². The van der Waals surface area contributed by atoms with Crippen LogP contribution >= 0.6 is 11.8 Å². The van der Waals surface area contributed by atoms with Crippen LogP contribution in [-0.4, -0.2) is 31.4 Å². The summed E-state index contributed by atoms with van der Waals surface area (Å²) in [5, 5.41) is 14.8. The molecule has 4 rings (SSSR count). The Hall–Kier alpha value is -3.19. The molecular weight excluding hydrogens is 394 g/mol. The first kappa shape index (κ1) is 20.1. The molecule has 2 heterocycles. The lowest BCUT2D eigenvalue weighted by Crippen LogP contribution is -2.28. The van der Waals surface area contributed by atoms with Gasteiger partial charge in [-0.3, -0.25) is 9.78 Å². The Balaban J connectivity index is 1.40. The zero-order valence-corrected chi connectivity index (χ0v) is 17.8. The Kier molecular flexibility index (Phi) is 6.09. The second-order valence-electron chi connectivity index (χ2n) is 6.97. The molecule has 0 spiro atoms. The van der Waals surface area contributed by atoms with Gasteiger partial charge in [0.15, 0.2) is 11.0 Å². The molecule has 0 bridgehead atoms. The van der Waals surface area contributed by atoms with E-state index in [2.05, 4.69) is 50.8 Å². The standard InChI is InChI=1S/C23H23N5OS/c1-3-28-22(18-10-12-24-13-11-18)26-27-23(28)30-15-21(29)25-16(2)19-9-8-17-6-4-5-7-20(17)14-19/h4-14,16H,3,15H2,1-2H3,(H,25,29). The van der Waals surface area contributed by atoms with Crippen molar-refractivity contribution in [2.24, 2.45) is 0 Å². The number of hydrogen-bond donors (Lipinski definition) is 1. The average Bonchev–Trinajstić information content (AvgIpc) is 3.21. The largest absolute Gasteiger partial charge is 0.349 e. The number of rotatable bonds is 7. The van der Waals surface area contributed by atoms with Crippen LogP contribution in [0.4, 0.5) is 0 Å². The summed E-state index contributed by atoms with van der Waals surface area (Å²) in [5.41, 5.74) is 2.05. The highest BCUT2D eigenvalue weighted by atomic mass is 32.2. The lowest BCUT2D eigenvalue weighted by atomic mass is 10.0. The Labute approximate surface area is 179 Å². The van der Waals surface area contributed by atoms with Crippen LogP contribution in [0, 0.1) is 0 Å². The maximum Gasteiger partial charge on any atom is 0.230 e. The zero-order valence-electron chi connectivity index (χ0n) is 16.9. The van der Waals surface area contributed by atoms with Gasteiger partial charge in [0, 0.05) is 24.5 Å². The third-order valence-corrected chi connectivity index (χ3v) is 5.92. The van der Waals surface area contributed by atoms with Gasteiger partial charge in [0.1, 0.15) is 0 Å². The monoisotopic (exact) mass is 417 g/mol. The molecule has 0 aliphatic carbocycles. The Morgan fingerprint density at radius 3 is 2.60 bits per heavy atom. The first-order chi connectivity index (χ1) is 14.7. The normalized spacial score (nSPS) is 12.1. The molecule has 1 unspecified atom stereocenters. The fourth-order valence-corrected chi connectivity index (χ4v) is 4.18. The molecule has 152 valence electrons. The van der Waals surface area contributed by atoms with E-state index in [0.29, 0.717) is 0 Å². The summed E-state index contributed by atoms with van der Waals surface area (Å²) in [5.74, 6) is 1.04. The van der Waals surface area contributed by atoms with E-state index in [-0.39, 0.29) is 17.7 Å². The van der Waals surface area contributed by atoms with Crippen LogP contribution < -0.4 is 5.32 Å². The van der Waals surface area contributed by atoms with Crippen molar-refractivity contribution >= 4 is 28.4 Å². The van der Waals surface area contributed by atoms with Crippen LogP contribution in [0.1, 0.15) is 25.5 Å². The number of fused-ring (bicyclic) bond motifs is 1. The Bertz CT molecular complexity index is 1160. The molecule has 0 saturated carbocycles. The van der Waals surface area contributed by atoms with Crippen LogP contribution in [0.15, 0.2) is 72.1 Å². The number of aromatic nitrogens is 4. The minimum absolute atomic E-state index is 0.0308. The highest BCUT2D eigenvalue weighted by Crippen LogP contribution is 2.24. The van der Waals surface area contributed by atoms with E-state index in [1.165, 1.54) is 22.5 Å². The molecule has 0 radical (unpaired) electrons. The van der Waals surface area contributed by atoms with Gasteiger partial charge in [-0.1, -0.05) is 48.2 Å². The van der Waals surface area contributed by atoms with E-state index in [1.807, 2.05) is 42.7 Å². The number of amides is 1. The summed E-state index contributed by atoms with van der Waals surface area (Å²) in [4.78, 5) is 16.6. The van der Waals surface area contributed by atoms with Gasteiger partial charge >= 0.3 is 0 Å². The summed E-state index contributed by atoms with van der Waals surface area (Å²) in [7, 11) is 0. The third kappa shape index (κ3) is 4.36. The predicted molar refractivity (Wildman–Crippen MR) is 120 cm³/mol. The van der Waals surface area contributed by atoms with Crippen molar-refractivity contribution in [3.63, 3.8) is 0 Å². The molecule has 7 heteroatoms. The van der Waals surface area contributed by atoms with E-state index < -0.39 is 0 Å². The molecule has 0 aliphatic rings. The van der Waals surface area contributed by atoms with Gasteiger partial charge in [0.25, 0.3) is 0 Å². The van der Waals surface area contributed by atoms with Gasteiger partial charge in [0.2, 0.25) is 5.91 Å². The van der Waals surface area contributed by atoms with E-state index >= 15 is 0 Å². The first-order valence-corrected chi connectivity index (χ1v) is 10.9. The summed E-state index contributed by atoms with van der Waals surface area (Å²) < 4.78 is 2.01. The van der Waals surface area contributed by atoms with Crippen molar-refractivity contribution in [2.45, 2.75) is 31.6 Å². The molecule has 1 N–H and O–H groups in total. The molecule has 0 saturated heterocycles. The highest BCUT2D eigenvalue weighted by molar-refractivity contribution is 7.99. The number of carbonyl (C=O) groups excluding carboxylic acids is 1. The number of nitrogens with one attached hydrogen (secondary N) is 1. The van der Waals surface area contributed by atoms with Crippen LogP contribution in [-0.2, 0) is 11.3 Å². The summed E-state index contributed by atoms with van der Waals surface area (Å²) in [6.07, 6.45) is 3.47. The summed E-state index contributed by atoms with van der Waals surface area (Å²) in [6, 6.07) is 18.2. The minimum atomic E-state index is -0.0702. The maximum atomic E-state index is 12.5. The Morgan fingerprint density at radius 2 is 1.83 bits per heavy atom. The number of nitrogens with zero attached hydrogens (tertiary/aromatic N) is 4. The highest BCUT2D eigenvalue weighted by Gasteiger charge is 2.16. The number of hydrogen-bond acceptors (Lipinski definition) is 5. The van der Waals surface area contributed by atoms with Crippen LogP contribution in [0.3, 0.4) is 0 Å². The molecule has 1 amide bonds. The van der Waals surface area contributed by atoms with Gasteiger partial charge in [-0.05, 0) is 48.4 Å². The third-order valence-electron chi connectivity index (χ3n) is 4.95. The van der Waals surface area contributed by atoms with Gasteiger partial charge in [-0.15, -0.1) is 10.2 Å². The van der Waals surface area contributed by atoms with E-state index in [1.54, 1.807) is 12.4 Å². The van der Waals surface area contributed by atoms with E-state index in [4.69, 9.17) is 0 Å². The van der Waals surface area contributed by atoms with Gasteiger partial charge in [-0.25, -0.2) is 0 Å². The van der Waals surface area contributed by atoms with Gasteiger partial charge in [-0.2, -0.15) is 0 Å².